The first-order valence-corrected chi connectivity index (χ1v) is 6.45. The number of hydrogen-bond donors (Lipinski definition) is 2. The number of aryl methyl sites for hydroxylation is 1. The Labute approximate surface area is 109 Å². The Kier molecular flexibility index (Phi) is 4.93. The summed E-state index contributed by atoms with van der Waals surface area (Å²) in [7, 11) is 0. The zero-order valence-corrected chi connectivity index (χ0v) is 12.1. The molecule has 0 fully saturated rings. The van der Waals surface area contributed by atoms with E-state index in [4.69, 9.17) is 12.2 Å². The standard InChI is InChI=1S/C12H22N4S/c1-6-16-10(5)11(7-13-16)9(4)15-12(17)14-8(2)3/h7-9H,6H2,1-5H3,(H2,14,15,17). The smallest absolute Gasteiger partial charge is 0.166 e. The van der Waals surface area contributed by atoms with Crippen LogP contribution in [-0.4, -0.2) is 20.9 Å². The minimum absolute atomic E-state index is 0.175. The van der Waals surface area contributed by atoms with E-state index in [0.29, 0.717) is 11.2 Å². The van der Waals surface area contributed by atoms with Gasteiger partial charge < -0.3 is 10.6 Å². The average molecular weight is 254 g/mol. The molecule has 0 saturated heterocycles. The zero-order valence-electron chi connectivity index (χ0n) is 11.2. The van der Waals surface area contributed by atoms with Crippen LogP contribution in [-0.2, 0) is 6.54 Å². The highest BCUT2D eigenvalue weighted by molar-refractivity contribution is 7.80. The van der Waals surface area contributed by atoms with Crippen molar-refractivity contribution in [3.8, 4) is 0 Å². The van der Waals surface area contributed by atoms with Gasteiger partial charge in [-0.05, 0) is 46.8 Å². The molecule has 5 heteroatoms. The van der Waals surface area contributed by atoms with Gasteiger partial charge in [0.15, 0.2) is 5.11 Å². The topological polar surface area (TPSA) is 41.9 Å². The molecule has 0 aliphatic rings. The van der Waals surface area contributed by atoms with E-state index in [0.717, 1.165) is 6.54 Å². The van der Waals surface area contributed by atoms with E-state index in [2.05, 4.69) is 50.4 Å². The van der Waals surface area contributed by atoms with Gasteiger partial charge in [0.25, 0.3) is 0 Å². The van der Waals surface area contributed by atoms with E-state index < -0.39 is 0 Å². The zero-order chi connectivity index (χ0) is 13.0. The lowest BCUT2D eigenvalue weighted by molar-refractivity contribution is 0.628. The van der Waals surface area contributed by atoms with E-state index in [9.17, 15) is 0 Å². The quantitative estimate of drug-likeness (QED) is 0.808. The molecule has 1 rings (SSSR count). The Hall–Kier alpha value is -1.10. The number of hydrogen-bond acceptors (Lipinski definition) is 2. The highest BCUT2D eigenvalue weighted by Crippen LogP contribution is 2.16. The Bertz CT molecular complexity index is 384. The molecule has 1 heterocycles. The second-order valence-electron chi connectivity index (χ2n) is 4.50. The normalized spacial score (nSPS) is 12.6. The highest BCUT2D eigenvalue weighted by atomic mass is 32.1. The number of aromatic nitrogens is 2. The van der Waals surface area contributed by atoms with Gasteiger partial charge in [-0.25, -0.2) is 0 Å². The third-order valence-electron chi connectivity index (χ3n) is 2.67. The lowest BCUT2D eigenvalue weighted by atomic mass is 10.1. The number of thiocarbonyl (C=S) groups is 1. The minimum atomic E-state index is 0.175. The van der Waals surface area contributed by atoms with Crippen molar-refractivity contribution in [1.82, 2.24) is 20.4 Å². The number of rotatable bonds is 4. The Morgan fingerprint density at radius 1 is 1.41 bits per heavy atom. The van der Waals surface area contributed by atoms with Crippen molar-refractivity contribution in [2.45, 2.75) is 53.2 Å². The Balaban J connectivity index is 2.66. The summed E-state index contributed by atoms with van der Waals surface area (Å²) in [4.78, 5) is 0. The lowest BCUT2D eigenvalue weighted by Gasteiger charge is -2.18. The monoisotopic (exact) mass is 254 g/mol. The van der Waals surface area contributed by atoms with Gasteiger partial charge in [0.2, 0.25) is 0 Å². The Morgan fingerprint density at radius 2 is 2.06 bits per heavy atom. The summed E-state index contributed by atoms with van der Waals surface area (Å²) in [5.41, 5.74) is 2.39. The molecule has 1 aromatic rings. The molecule has 1 unspecified atom stereocenters. The SMILES string of the molecule is CCn1ncc(C(C)NC(=S)NC(C)C)c1C. The first kappa shape index (κ1) is 14.0. The van der Waals surface area contributed by atoms with Gasteiger partial charge in [0.1, 0.15) is 0 Å². The molecule has 0 amide bonds. The molecule has 0 aliphatic carbocycles. The average Bonchev–Trinajstić information content (AvgIpc) is 2.57. The molecule has 0 spiro atoms. The predicted octanol–water partition coefficient (Wildman–Crippen LogP) is 2.14. The van der Waals surface area contributed by atoms with Crippen molar-refractivity contribution in [2.24, 2.45) is 0 Å². The summed E-state index contributed by atoms with van der Waals surface area (Å²) in [6, 6.07) is 0.524. The lowest BCUT2D eigenvalue weighted by Crippen LogP contribution is -2.40. The molecule has 0 aromatic carbocycles. The van der Waals surface area contributed by atoms with Crippen molar-refractivity contribution in [3.05, 3.63) is 17.5 Å². The van der Waals surface area contributed by atoms with Crippen LogP contribution in [0.5, 0.6) is 0 Å². The third-order valence-corrected chi connectivity index (χ3v) is 2.91. The molecule has 0 saturated carbocycles. The molecule has 0 radical (unpaired) electrons. The van der Waals surface area contributed by atoms with Crippen LogP contribution in [0.4, 0.5) is 0 Å². The fourth-order valence-corrected chi connectivity index (χ4v) is 2.20. The molecule has 17 heavy (non-hydrogen) atoms. The molecule has 4 nitrogen and oxygen atoms in total. The van der Waals surface area contributed by atoms with Crippen molar-refractivity contribution < 1.29 is 0 Å². The molecule has 2 N–H and O–H groups in total. The van der Waals surface area contributed by atoms with Gasteiger partial charge in [-0.2, -0.15) is 5.10 Å². The maximum Gasteiger partial charge on any atom is 0.166 e. The first-order valence-electron chi connectivity index (χ1n) is 6.05. The van der Waals surface area contributed by atoms with Crippen molar-refractivity contribution in [1.29, 1.82) is 0 Å². The van der Waals surface area contributed by atoms with E-state index >= 15 is 0 Å². The van der Waals surface area contributed by atoms with Gasteiger partial charge >= 0.3 is 0 Å². The van der Waals surface area contributed by atoms with Crippen LogP contribution in [0.25, 0.3) is 0 Å². The fourth-order valence-electron chi connectivity index (χ4n) is 1.78. The van der Waals surface area contributed by atoms with Crippen molar-refractivity contribution >= 4 is 17.3 Å². The maximum absolute atomic E-state index is 5.24. The van der Waals surface area contributed by atoms with E-state index in [1.165, 1.54) is 11.3 Å². The minimum Gasteiger partial charge on any atom is -0.361 e. The molecular formula is C12H22N4S. The van der Waals surface area contributed by atoms with Gasteiger partial charge in [-0.3, -0.25) is 4.68 Å². The summed E-state index contributed by atoms with van der Waals surface area (Å²) in [6.07, 6.45) is 1.91. The highest BCUT2D eigenvalue weighted by Gasteiger charge is 2.13. The van der Waals surface area contributed by atoms with E-state index in [-0.39, 0.29) is 6.04 Å². The molecule has 1 aromatic heterocycles. The van der Waals surface area contributed by atoms with Gasteiger partial charge in [0, 0.05) is 23.8 Å². The van der Waals surface area contributed by atoms with Crippen LogP contribution in [0.2, 0.25) is 0 Å². The maximum atomic E-state index is 5.24. The van der Waals surface area contributed by atoms with Gasteiger partial charge in [-0.15, -0.1) is 0 Å². The number of nitrogens with zero attached hydrogens (tertiary/aromatic N) is 2. The van der Waals surface area contributed by atoms with Crippen LogP contribution in [0, 0.1) is 6.92 Å². The number of nitrogens with one attached hydrogen (secondary N) is 2. The van der Waals surface area contributed by atoms with Crippen LogP contribution >= 0.6 is 12.2 Å². The van der Waals surface area contributed by atoms with Crippen LogP contribution in [0.3, 0.4) is 0 Å². The summed E-state index contributed by atoms with van der Waals surface area (Å²) in [5.74, 6) is 0. The molecular weight excluding hydrogens is 232 g/mol. The molecule has 96 valence electrons. The summed E-state index contributed by atoms with van der Waals surface area (Å²) < 4.78 is 1.99. The largest absolute Gasteiger partial charge is 0.361 e. The van der Waals surface area contributed by atoms with E-state index in [1.54, 1.807) is 0 Å². The summed E-state index contributed by atoms with van der Waals surface area (Å²) in [5, 5.41) is 11.5. The summed E-state index contributed by atoms with van der Waals surface area (Å²) >= 11 is 5.24. The fraction of sp³-hybridized carbons (Fsp3) is 0.667. The van der Waals surface area contributed by atoms with Crippen molar-refractivity contribution in [2.75, 3.05) is 0 Å². The molecule has 0 aliphatic heterocycles. The summed E-state index contributed by atoms with van der Waals surface area (Å²) in [6.45, 7) is 11.3. The third kappa shape index (κ3) is 3.70. The van der Waals surface area contributed by atoms with Crippen LogP contribution in [0.15, 0.2) is 6.20 Å². The van der Waals surface area contributed by atoms with Crippen molar-refractivity contribution in [3.63, 3.8) is 0 Å². The van der Waals surface area contributed by atoms with E-state index in [1.807, 2.05) is 10.9 Å². The second kappa shape index (κ2) is 6.00. The second-order valence-corrected chi connectivity index (χ2v) is 4.90. The van der Waals surface area contributed by atoms with Crippen LogP contribution in [0.1, 0.15) is 45.0 Å². The van der Waals surface area contributed by atoms with Crippen LogP contribution < -0.4 is 10.6 Å². The molecule has 0 bridgehead atoms. The molecule has 1 atom stereocenters. The Morgan fingerprint density at radius 3 is 2.53 bits per heavy atom. The van der Waals surface area contributed by atoms with Gasteiger partial charge in [-0.1, -0.05) is 0 Å². The van der Waals surface area contributed by atoms with Gasteiger partial charge in [0.05, 0.1) is 12.2 Å². The first-order chi connectivity index (χ1) is 7.95. The predicted molar refractivity (Wildman–Crippen MR) is 75.1 cm³/mol.